The summed E-state index contributed by atoms with van der Waals surface area (Å²) in [6.45, 7) is 6.26. The normalized spacial score (nSPS) is 11.6. The van der Waals surface area contributed by atoms with Crippen LogP contribution in [0, 0.1) is 5.41 Å². The van der Waals surface area contributed by atoms with Gasteiger partial charge in [0.05, 0.1) is 5.41 Å². The molecule has 1 aromatic heterocycles. The van der Waals surface area contributed by atoms with Gasteiger partial charge in [0.1, 0.15) is 5.75 Å². The van der Waals surface area contributed by atoms with E-state index in [2.05, 4.69) is 10.3 Å². The molecule has 0 saturated carbocycles. The number of rotatable bonds is 6. The van der Waals surface area contributed by atoms with Crippen LogP contribution >= 0.6 is 0 Å². The second-order valence-corrected chi connectivity index (χ2v) is 6.29. The third kappa shape index (κ3) is 3.80. The van der Waals surface area contributed by atoms with Gasteiger partial charge in [-0.2, -0.15) is 0 Å². The average molecular weight is 304 g/mol. The lowest BCUT2D eigenvalue weighted by Gasteiger charge is -2.17. The Balaban J connectivity index is 2.10. The van der Waals surface area contributed by atoms with Crippen molar-refractivity contribution in [3.63, 3.8) is 0 Å². The fourth-order valence-corrected chi connectivity index (χ4v) is 2.16. The molecule has 0 atom stereocenters. The van der Waals surface area contributed by atoms with Gasteiger partial charge in [0.15, 0.2) is 0 Å². The van der Waals surface area contributed by atoms with Crippen LogP contribution in [0.1, 0.15) is 26.3 Å². The number of hydrogen-bond donors (Lipinski definition) is 2. The largest absolute Gasteiger partial charge is 0.457 e. The van der Waals surface area contributed by atoms with Crippen molar-refractivity contribution in [1.82, 2.24) is 10.3 Å². The molecule has 0 amide bonds. The minimum absolute atomic E-state index is 0.0775. The SMILES string of the molecule is CNCCc1c[nH]c2cccc(OCOC(=O)C(C)(C)C)c12. The van der Waals surface area contributed by atoms with E-state index >= 15 is 0 Å². The zero-order valence-electron chi connectivity index (χ0n) is 13.7. The molecule has 0 fully saturated rings. The highest BCUT2D eigenvalue weighted by Gasteiger charge is 2.23. The van der Waals surface area contributed by atoms with Crippen molar-refractivity contribution < 1.29 is 14.3 Å². The van der Waals surface area contributed by atoms with E-state index in [0.29, 0.717) is 0 Å². The number of likely N-dealkylation sites (N-methyl/N-ethyl adjacent to an activating group) is 1. The van der Waals surface area contributed by atoms with Crippen molar-refractivity contribution in [1.29, 1.82) is 0 Å². The molecule has 5 heteroatoms. The van der Waals surface area contributed by atoms with E-state index in [4.69, 9.17) is 9.47 Å². The van der Waals surface area contributed by atoms with Crippen molar-refractivity contribution in [2.75, 3.05) is 20.4 Å². The zero-order valence-corrected chi connectivity index (χ0v) is 13.7. The summed E-state index contributed by atoms with van der Waals surface area (Å²) in [6, 6.07) is 5.82. The van der Waals surface area contributed by atoms with Gasteiger partial charge in [0.25, 0.3) is 0 Å². The predicted octanol–water partition coefficient (Wildman–Crippen LogP) is 2.86. The van der Waals surface area contributed by atoms with Crippen molar-refractivity contribution >= 4 is 16.9 Å². The van der Waals surface area contributed by atoms with Crippen molar-refractivity contribution in [2.45, 2.75) is 27.2 Å². The van der Waals surface area contributed by atoms with E-state index < -0.39 is 5.41 Å². The van der Waals surface area contributed by atoms with Gasteiger partial charge in [0, 0.05) is 17.1 Å². The van der Waals surface area contributed by atoms with Crippen molar-refractivity contribution in [2.24, 2.45) is 5.41 Å². The minimum atomic E-state index is -0.526. The molecule has 0 radical (unpaired) electrons. The van der Waals surface area contributed by atoms with Gasteiger partial charge in [-0.3, -0.25) is 4.79 Å². The highest BCUT2D eigenvalue weighted by molar-refractivity contribution is 5.89. The molecule has 5 nitrogen and oxygen atoms in total. The van der Waals surface area contributed by atoms with Crippen LogP contribution in [0.3, 0.4) is 0 Å². The van der Waals surface area contributed by atoms with Gasteiger partial charge in [0.2, 0.25) is 6.79 Å². The Morgan fingerprint density at radius 2 is 2.09 bits per heavy atom. The molecular formula is C17H24N2O3. The number of H-pyrrole nitrogens is 1. The van der Waals surface area contributed by atoms with Gasteiger partial charge >= 0.3 is 5.97 Å². The monoisotopic (exact) mass is 304 g/mol. The first-order valence-corrected chi connectivity index (χ1v) is 7.47. The Morgan fingerprint density at radius 3 is 2.77 bits per heavy atom. The maximum absolute atomic E-state index is 11.8. The third-order valence-electron chi connectivity index (χ3n) is 3.41. The van der Waals surface area contributed by atoms with Crippen molar-refractivity contribution in [3.8, 4) is 5.75 Å². The standard InChI is InChI=1S/C17H24N2O3/c1-17(2,3)16(20)22-11-21-14-7-5-6-13-15(14)12(10-19-13)8-9-18-4/h5-7,10,18-19H,8-9,11H2,1-4H3. The lowest BCUT2D eigenvalue weighted by Crippen LogP contribution is -2.24. The van der Waals surface area contributed by atoms with E-state index in [9.17, 15) is 4.79 Å². The number of carbonyl (C=O) groups is 1. The molecule has 0 spiro atoms. The summed E-state index contributed by atoms with van der Waals surface area (Å²) in [5, 5.41) is 4.19. The number of nitrogens with one attached hydrogen (secondary N) is 2. The van der Waals surface area contributed by atoms with Crippen LogP contribution in [0.4, 0.5) is 0 Å². The Morgan fingerprint density at radius 1 is 1.32 bits per heavy atom. The quantitative estimate of drug-likeness (QED) is 0.636. The number of aromatic amines is 1. The van der Waals surface area contributed by atoms with Crippen LogP contribution < -0.4 is 10.1 Å². The number of carbonyl (C=O) groups excluding carboxylic acids is 1. The number of esters is 1. The fourth-order valence-electron chi connectivity index (χ4n) is 2.16. The molecule has 120 valence electrons. The number of aromatic nitrogens is 1. The summed E-state index contributed by atoms with van der Waals surface area (Å²) in [6.07, 6.45) is 2.90. The number of fused-ring (bicyclic) bond motifs is 1. The highest BCUT2D eigenvalue weighted by atomic mass is 16.7. The predicted molar refractivity (Wildman–Crippen MR) is 87.0 cm³/mol. The van der Waals surface area contributed by atoms with Crippen LogP contribution in [0.25, 0.3) is 10.9 Å². The number of benzene rings is 1. The van der Waals surface area contributed by atoms with Gasteiger partial charge < -0.3 is 19.8 Å². The summed E-state index contributed by atoms with van der Waals surface area (Å²) < 4.78 is 10.9. The van der Waals surface area contributed by atoms with E-state index in [1.165, 1.54) is 5.56 Å². The number of hydrogen-bond acceptors (Lipinski definition) is 4. The summed E-state index contributed by atoms with van der Waals surface area (Å²) in [5.74, 6) is 0.454. The molecule has 0 aliphatic rings. The van der Waals surface area contributed by atoms with Gasteiger partial charge in [-0.25, -0.2) is 0 Å². The second kappa shape index (κ2) is 6.83. The molecule has 1 heterocycles. The van der Waals surface area contributed by atoms with Gasteiger partial charge in [-0.15, -0.1) is 0 Å². The second-order valence-electron chi connectivity index (χ2n) is 6.29. The molecule has 0 aliphatic carbocycles. The Kier molecular flexibility index (Phi) is 5.08. The zero-order chi connectivity index (χ0) is 16.2. The molecule has 2 N–H and O–H groups in total. The first kappa shape index (κ1) is 16.4. The Hall–Kier alpha value is -2.01. The molecule has 1 aromatic carbocycles. The van der Waals surface area contributed by atoms with Crippen LogP contribution in [-0.4, -0.2) is 31.3 Å². The summed E-state index contributed by atoms with van der Waals surface area (Å²) in [4.78, 5) is 15.0. The lowest BCUT2D eigenvalue weighted by molar-refractivity contribution is -0.159. The smallest absolute Gasteiger partial charge is 0.314 e. The fraction of sp³-hybridized carbons (Fsp3) is 0.471. The molecule has 0 saturated heterocycles. The summed E-state index contributed by atoms with van der Waals surface area (Å²) in [7, 11) is 1.93. The van der Waals surface area contributed by atoms with Gasteiger partial charge in [-0.05, 0) is 58.5 Å². The highest BCUT2D eigenvalue weighted by Crippen LogP contribution is 2.29. The lowest BCUT2D eigenvalue weighted by atomic mass is 9.98. The van der Waals surface area contributed by atoms with E-state index in [1.54, 1.807) is 0 Å². The number of ether oxygens (including phenoxy) is 2. The molecule has 2 rings (SSSR count). The first-order chi connectivity index (χ1) is 10.4. The van der Waals surface area contributed by atoms with Crippen LogP contribution in [0.2, 0.25) is 0 Å². The van der Waals surface area contributed by atoms with E-state index in [-0.39, 0.29) is 12.8 Å². The molecule has 0 aliphatic heterocycles. The van der Waals surface area contributed by atoms with Crippen LogP contribution in [0.5, 0.6) is 5.75 Å². The van der Waals surface area contributed by atoms with Gasteiger partial charge in [-0.1, -0.05) is 6.07 Å². The molecular weight excluding hydrogens is 280 g/mol. The summed E-state index contributed by atoms with van der Waals surface area (Å²) >= 11 is 0. The molecule has 22 heavy (non-hydrogen) atoms. The van der Waals surface area contributed by atoms with E-state index in [1.807, 2.05) is 52.2 Å². The van der Waals surface area contributed by atoms with Crippen LogP contribution in [0.15, 0.2) is 24.4 Å². The van der Waals surface area contributed by atoms with Crippen LogP contribution in [-0.2, 0) is 16.0 Å². The topological polar surface area (TPSA) is 63.4 Å². The minimum Gasteiger partial charge on any atom is -0.457 e. The first-order valence-electron chi connectivity index (χ1n) is 7.47. The van der Waals surface area contributed by atoms with Crippen molar-refractivity contribution in [3.05, 3.63) is 30.0 Å². The molecule has 0 unspecified atom stereocenters. The third-order valence-corrected chi connectivity index (χ3v) is 3.41. The Labute approximate surface area is 131 Å². The molecule has 0 bridgehead atoms. The summed E-state index contributed by atoms with van der Waals surface area (Å²) in [5.41, 5.74) is 1.68. The maximum atomic E-state index is 11.8. The molecule has 2 aromatic rings. The average Bonchev–Trinajstić information content (AvgIpc) is 2.88. The Bertz CT molecular complexity index is 641. The maximum Gasteiger partial charge on any atom is 0.314 e. The van der Waals surface area contributed by atoms with E-state index in [0.717, 1.165) is 29.6 Å².